The monoisotopic (exact) mass is 416 g/mol. The van der Waals surface area contributed by atoms with E-state index in [4.69, 9.17) is 0 Å². The van der Waals surface area contributed by atoms with E-state index < -0.39 is 0 Å². The van der Waals surface area contributed by atoms with Crippen LogP contribution < -0.4 is 15.5 Å². The van der Waals surface area contributed by atoms with Crippen molar-refractivity contribution in [3.05, 3.63) is 41.4 Å². The zero-order chi connectivity index (χ0) is 21.2. The van der Waals surface area contributed by atoms with Crippen molar-refractivity contribution < 1.29 is 14.4 Å². The highest BCUT2D eigenvalue weighted by Gasteiger charge is 2.20. The van der Waals surface area contributed by atoms with Gasteiger partial charge in [0, 0.05) is 36.7 Å². The zero-order valence-electron chi connectivity index (χ0n) is 17.1. The molecule has 0 fully saturated rings. The van der Waals surface area contributed by atoms with Crippen molar-refractivity contribution in [2.75, 3.05) is 23.3 Å². The highest BCUT2D eigenvalue weighted by atomic mass is 32.1. The number of anilines is 2. The van der Waals surface area contributed by atoms with Gasteiger partial charge in [0.25, 0.3) is 0 Å². The Kier molecular flexibility index (Phi) is 8.79. The molecular weight excluding hydrogens is 388 g/mol. The van der Waals surface area contributed by atoms with Crippen LogP contribution in [0.2, 0.25) is 0 Å². The third-order valence-electron chi connectivity index (χ3n) is 4.20. The molecule has 156 valence electrons. The SMILES string of the molecule is Cc1cccc(N(CC(=O)NCCC(C)C)C(=O)CCC(=O)Nc2nccs2)c1. The Balaban J connectivity index is 1.98. The lowest BCUT2D eigenvalue weighted by molar-refractivity contribution is -0.125. The lowest BCUT2D eigenvalue weighted by atomic mass is 10.1. The number of hydrogen-bond donors (Lipinski definition) is 2. The van der Waals surface area contributed by atoms with Crippen LogP contribution in [0.4, 0.5) is 10.8 Å². The van der Waals surface area contributed by atoms with E-state index in [1.807, 2.05) is 25.1 Å². The Morgan fingerprint density at radius 1 is 1.17 bits per heavy atom. The minimum Gasteiger partial charge on any atom is -0.355 e. The topological polar surface area (TPSA) is 91.4 Å². The van der Waals surface area contributed by atoms with Gasteiger partial charge in [-0.2, -0.15) is 0 Å². The van der Waals surface area contributed by atoms with E-state index in [9.17, 15) is 14.4 Å². The Bertz CT molecular complexity index is 821. The molecule has 0 saturated carbocycles. The second-order valence-electron chi connectivity index (χ2n) is 7.24. The van der Waals surface area contributed by atoms with Crippen LogP contribution in [-0.2, 0) is 14.4 Å². The van der Waals surface area contributed by atoms with E-state index >= 15 is 0 Å². The first-order valence-corrected chi connectivity index (χ1v) is 10.6. The van der Waals surface area contributed by atoms with E-state index in [0.29, 0.717) is 23.3 Å². The van der Waals surface area contributed by atoms with Crippen LogP contribution in [-0.4, -0.2) is 35.8 Å². The third kappa shape index (κ3) is 8.03. The van der Waals surface area contributed by atoms with Gasteiger partial charge in [-0.1, -0.05) is 26.0 Å². The second-order valence-corrected chi connectivity index (χ2v) is 8.13. The minimum absolute atomic E-state index is 0.00439. The van der Waals surface area contributed by atoms with Gasteiger partial charge in [0.1, 0.15) is 6.54 Å². The van der Waals surface area contributed by atoms with E-state index in [-0.39, 0.29) is 37.1 Å². The molecule has 0 aliphatic heterocycles. The van der Waals surface area contributed by atoms with Crippen molar-refractivity contribution in [2.45, 2.75) is 40.0 Å². The fourth-order valence-corrected chi connectivity index (χ4v) is 3.19. The Morgan fingerprint density at radius 3 is 2.62 bits per heavy atom. The first-order chi connectivity index (χ1) is 13.8. The number of amides is 3. The summed E-state index contributed by atoms with van der Waals surface area (Å²) in [6, 6.07) is 7.42. The summed E-state index contributed by atoms with van der Waals surface area (Å²) in [5.41, 5.74) is 1.64. The maximum Gasteiger partial charge on any atom is 0.240 e. The Labute approximate surface area is 175 Å². The predicted molar refractivity (Wildman–Crippen MR) is 116 cm³/mol. The van der Waals surface area contributed by atoms with Gasteiger partial charge in [0.2, 0.25) is 17.7 Å². The molecule has 1 aromatic carbocycles. The second kappa shape index (κ2) is 11.3. The fourth-order valence-electron chi connectivity index (χ4n) is 2.64. The molecule has 8 heteroatoms. The normalized spacial score (nSPS) is 10.6. The van der Waals surface area contributed by atoms with Crippen molar-refractivity contribution in [1.82, 2.24) is 10.3 Å². The average Bonchev–Trinajstić information content (AvgIpc) is 3.17. The largest absolute Gasteiger partial charge is 0.355 e. The molecule has 0 aliphatic rings. The van der Waals surface area contributed by atoms with Crippen molar-refractivity contribution >= 4 is 39.9 Å². The molecule has 0 saturated heterocycles. The zero-order valence-corrected chi connectivity index (χ0v) is 17.9. The molecule has 2 N–H and O–H groups in total. The molecular formula is C21H28N4O3S. The molecule has 1 aromatic heterocycles. The smallest absolute Gasteiger partial charge is 0.240 e. The molecule has 2 rings (SSSR count). The Morgan fingerprint density at radius 2 is 1.97 bits per heavy atom. The van der Waals surface area contributed by atoms with Gasteiger partial charge >= 0.3 is 0 Å². The molecule has 0 aliphatic carbocycles. The first kappa shape index (κ1) is 22.5. The standard InChI is InChI=1S/C21H28N4O3S/c1-15(2)9-10-22-19(27)14-25(17-6-4-5-16(3)13-17)20(28)8-7-18(26)24-21-23-11-12-29-21/h4-6,11-13,15H,7-10,14H2,1-3H3,(H,22,27)(H,23,24,26). The van der Waals surface area contributed by atoms with Gasteiger partial charge in [-0.15, -0.1) is 11.3 Å². The number of nitrogens with zero attached hydrogens (tertiary/aromatic N) is 2. The first-order valence-electron chi connectivity index (χ1n) is 9.68. The van der Waals surface area contributed by atoms with Crippen LogP contribution in [0.5, 0.6) is 0 Å². The summed E-state index contributed by atoms with van der Waals surface area (Å²) in [6.45, 7) is 6.60. The number of benzene rings is 1. The third-order valence-corrected chi connectivity index (χ3v) is 4.89. The van der Waals surface area contributed by atoms with Crippen molar-refractivity contribution in [1.29, 1.82) is 0 Å². The number of thiazole rings is 1. The molecule has 0 atom stereocenters. The van der Waals surface area contributed by atoms with Gasteiger partial charge in [-0.3, -0.25) is 14.4 Å². The predicted octanol–water partition coefficient (Wildman–Crippen LogP) is 3.37. The molecule has 2 aromatic rings. The molecule has 1 heterocycles. The van der Waals surface area contributed by atoms with E-state index in [1.165, 1.54) is 16.2 Å². The van der Waals surface area contributed by atoms with E-state index in [2.05, 4.69) is 29.5 Å². The number of aryl methyl sites for hydroxylation is 1. The molecule has 0 spiro atoms. The van der Waals surface area contributed by atoms with Crippen LogP contribution >= 0.6 is 11.3 Å². The molecule has 29 heavy (non-hydrogen) atoms. The van der Waals surface area contributed by atoms with Gasteiger partial charge in [-0.25, -0.2) is 4.98 Å². The molecule has 0 unspecified atom stereocenters. The maximum absolute atomic E-state index is 12.8. The number of aromatic nitrogens is 1. The highest BCUT2D eigenvalue weighted by Crippen LogP contribution is 2.18. The number of carbonyl (C=O) groups is 3. The van der Waals surface area contributed by atoms with Crippen molar-refractivity contribution in [2.24, 2.45) is 5.92 Å². The minimum atomic E-state index is -0.279. The lowest BCUT2D eigenvalue weighted by Crippen LogP contribution is -2.41. The van der Waals surface area contributed by atoms with Gasteiger partial charge < -0.3 is 15.5 Å². The van der Waals surface area contributed by atoms with Crippen molar-refractivity contribution in [3.8, 4) is 0 Å². The van der Waals surface area contributed by atoms with Gasteiger partial charge in [0.05, 0.1) is 0 Å². The summed E-state index contributed by atoms with van der Waals surface area (Å²) in [7, 11) is 0. The van der Waals surface area contributed by atoms with Crippen LogP contribution in [0.1, 0.15) is 38.7 Å². The summed E-state index contributed by atoms with van der Waals surface area (Å²) in [4.78, 5) is 42.7. The summed E-state index contributed by atoms with van der Waals surface area (Å²) in [5, 5.41) is 7.79. The lowest BCUT2D eigenvalue weighted by Gasteiger charge is -2.23. The fraction of sp³-hybridized carbons (Fsp3) is 0.429. The van der Waals surface area contributed by atoms with E-state index in [0.717, 1.165) is 12.0 Å². The number of hydrogen-bond acceptors (Lipinski definition) is 5. The van der Waals surface area contributed by atoms with Gasteiger partial charge in [-0.05, 0) is 37.0 Å². The number of nitrogens with one attached hydrogen (secondary N) is 2. The quantitative estimate of drug-likeness (QED) is 0.621. The summed E-state index contributed by atoms with van der Waals surface area (Å²) in [6.07, 6.45) is 2.50. The molecule has 0 bridgehead atoms. The molecule has 7 nitrogen and oxygen atoms in total. The van der Waals surface area contributed by atoms with Crippen LogP contribution in [0.3, 0.4) is 0 Å². The highest BCUT2D eigenvalue weighted by molar-refractivity contribution is 7.13. The average molecular weight is 417 g/mol. The molecule has 3 amide bonds. The summed E-state index contributed by atoms with van der Waals surface area (Å²) < 4.78 is 0. The Hall–Kier alpha value is -2.74. The summed E-state index contributed by atoms with van der Waals surface area (Å²) >= 11 is 1.32. The molecule has 0 radical (unpaired) electrons. The van der Waals surface area contributed by atoms with Crippen LogP contribution in [0, 0.1) is 12.8 Å². The van der Waals surface area contributed by atoms with Crippen LogP contribution in [0.25, 0.3) is 0 Å². The van der Waals surface area contributed by atoms with Gasteiger partial charge in [0.15, 0.2) is 5.13 Å². The van der Waals surface area contributed by atoms with Crippen LogP contribution in [0.15, 0.2) is 35.8 Å². The maximum atomic E-state index is 12.8. The van der Waals surface area contributed by atoms with Crippen molar-refractivity contribution in [3.63, 3.8) is 0 Å². The number of rotatable bonds is 10. The number of carbonyl (C=O) groups excluding carboxylic acids is 3. The van der Waals surface area contributed by atoms with E-state index in [1.54, 1.807) is 17.6 Å². The summed E-state index contributed by atoms with van der Waals surface area (Å²) in [5.74, 6) is -0.281.